The van der Waals surface area contributed by atoms with Crippen molar-refractivity contribution < 1.29 is 32.3 Å². The van der Waals surface area contributed by atoms with E-state index in [0.717, 1.165) is 18.2 Å². The molecule has 0 fully saturated rings. The van der Waals surface area contributed by atoms with Gasteiger partial charge in [0, 0.05) is 11.5 Å². The maximum atomic E-state index is 14.4. The molecule has 0 saturated heterocycles. The molecule has 5 nitrogen and oxygen atoms in total. The zero-order valence-electron chi connectivity index (χ0n) is 14.9. The number of carbonyl (C=O) groups is 1. The van der Waals surface area contributed by atoms with Gasteiger partial charge in [-0.15, -0.1) is 0 Å². The molecule has 0 aliphatic heterocycles. The summed E-state index contributed by atoms with van der Waals surface area (Å²) in [5.41, 5.74) is -0.228. The number of hydroxylamine groups is 1. The minimum Gasteiger partial charge on any atom is -0.396 e. The molecule has 0 radical (unpaired) electrons. The highest BCUT2D eigenvalue weighted by atomic mass is 35.5. The number of amides is 1. The summed E-state index contributed by atoms with van der Waals surface area (Å²) < 4.78 is 55.1. The summed E-state index contributed by atoms with van der Waals surface area (Å²) in [5, 5.41) is 10.7. The van der Waals surface area contributed by atoms with Gasteiger partial charge in [0.2, 0.25) is 0 Å². The van der Waals surface area contributed by atoms with E-state index in [1.54, 1.807) is 13.8 Å². The SMILES string of the molecule is CC(C)(CO)CONC(=O)c1cc(Cl)c(F)c(F)c1Nc1ccc(F)cc1F. The Labute approximate surface area is 163 Å². The smallest absolute Gasteiger partial charge is 0.277 e. The van der Waals surface area contributed by atoms with E-state index in [1.165, 1.54) is 0 Å². The molecule has 0 bridgehead atoms. The molecule has 2 aromatic carbocycles. The average Bonchev–Trinajstić information content (AvgIpc) is 2.63. The maximum absolute atomic E-state index is 14.4. The van der Waals surface area contributed by atoms with Crippen molar-refractivity contribution in [1.29, 1.82) is 0 Å². The molecule has 0 unspecified atom stereocenters. The first kappa shape index (κ1) is 21.9. The second-order valence-corrected chi connectivity index (χ2v) is 7.11. The van der Waals surface area contributed by atoms with Crippen molar-refractivity contribution in [3.63, 3.8) is 0 Å². The molecule has 0 aromatic heterocycles. The number of carbonyl (C=O) groups excluding carboxylic acids is 1. The van der Waals surface area contributed by atoms with Crippen molar-refractivity contribution in [2.24, 2.45) is 5.41 Å². The minimum atomic E-state index is -1.53. The molecule has 10 heteroatoms. The number of aliphatic hydroxyl groups excluding tert-OH is 1. The third-order valence-electron chi connectivity index (χ3n) is 3.65. The number of hydrogen-bond donors (Lipinski definition) is 3. The van der Waals surface area contributed by atoms with E-state index in [2.05, 4.69) is 5.32 Å². The van der Waals surface area contributed by atoms with E-state index < -0.39 is 56.6 Å². The topological polar surface area (TPSA) is 70.6 Å². The van der Waals surface area contributed by atoms with Gasteiger partial charge in [-0.05, 0) is 18.2 Å². The van der Waals surface area contributed by atoms with Gasteiger partial charge in [-0.3, -0.25) is 9.63 Å². The zero-order chi connectivity index (χ0) is 21.1. The molecule has 152 valence electrons. The first-order chi connectivity index (χ1) is 13.1. The third-order valence-corrected chi connectivity index (χ3v) is 3.93. The number of halogens is 5. The van der Waals surface area contributed by atoms with Crippen LogP contribution in [0.2, 0.25) is 5.02 Å². The summed E-state index contributed by atoms with van der Waals surface area (Å²) in [7, 11) is 0. The highest BCUT2D eigenvalue weighted by Gasteiger charge is 2.24. The lowest BCUT2D eigenvalue weighted by atomic mass is 9.97. The second-order valence-electron chi connectivity index (χ2n) is 6.70. The summed E-state index contributed by atoms with van der Waals surface area (Å²) >= 11 is 5.60. The fourth-order valence-electron chi connectivity index (χ4n) is 2.02. The van der Waals surface area contributed by atoms with Gasteiger partial charge in [-0.1, -0.05) is 25.4 Å². The minimum absolute atomic E-state index is 0.0813. The molecule has 2 rings (SSSR count). The molecule has 3 N–H and O–H groups in total. The van der Waals surface area contributed by atoms with Crippen molar-refractivity contribution in [3.05, 3.63) is 58.1 Å². The largest absolute Gasteiger partial charge is 0.396 e. The lowest BCUT2D eigenvalue weighted by molar-refractivity contribution is -0.0197. The van der Waals surface area contributed by atoms with Crippen LogP contribution in [0.4, 0.5) is 28.9 Å². The van der Waals surface area contributed by atoms with Crippen LogP contribution in [-0.2, 0) is 4.84 Å². The quantitative estimate of drug-likeness (QED) is 0.354. The van der Waals surface area contributed by atoms with E-state index >= 15 is 0 Å². The van der Waals surface area contributed by atoms with E-state index in [4.69, 9.17) is 21.5 Å². The van der Waals surface area contributed by atoms with Crippen molar-refractivity contribution in [2.75, 3.05) is 18.5 Å². The van der Waals surface area contributed by atoms with Gasteiger partial charge in [-0.2, -0.15) is 0 Å². The predicted octanol–water partition coefficient (Wildman–Crippen LogP) is 4.32. The van der Waals surface area contributed by atoms with E-state index in [0.29, 0.717) is 6.07 Å². The summed E-state index contributed by atoms with van der Waals surface area (Å²) in [6.07, 6.45) is 0. The Bertz CT molecular complexity index is 894. The number of nitrogens with one attached hydrogen (secondary N) is 2. The molecule has 0 atom stereocenters. The fraction of sp³-hybridized carbons (Fsp3) is 0.278. The molecule has 1 amide bonds. The van der Waals surface area contributed by atoms with Gasteiger partial charge in [0.05, 0.1) is 35.2 Å². The Balaban J connectivity index is 2.34. The van der Waals surface area contributed by atoms with E-state index in [1.807, 2.05) is 5.48 Å². The molecule has 0 aliphatic carbocycles. The van der Waals surface area contributed by atoms with Crippen LogP contribution in [0, 0.1) is 28.7 Å². The van der Waals surface area contributed by atoms with Gasteiger partial charge >= 0.3 is 0 Å². The Morgan fingerprint density at radius 1 is 1.18 bits per heavy atom. The number of hydrogen-bond acceptors (Lipinski definition) is 4. The van der Waals surface area contributed by atoms with E-state index in [-0.39, 0.29) is 13.2 Å². The van der Waals surface area contributed by atoms with Crippen molar-refractivity contribution in [3.8, 4) is 0 Å². The van der Waals surface area contributed by atoms with Gasteiger partial charge in [0.1, 0.15) is 11.6 Å². The Hall–Kier alpha value is -2.36. The summed E-state index contributed by atoms with van der Waals surface area (Å²) in [5.74, 6) is -5.94. The van der Waals surface area contributed by atoms with Crippen molar-refractivity contribution in [2.45, 2.75) is 13.8 Å². The molecule has 0 spiro atoms. The molecular weight excluding hydrogens is 404 g/mol. The van der Waals surface area contributed by atoms with Crippen LogP contribution >= 0.6 is 11.6 Å². The van der Waals surface area contributed by atoms with Crippen LogP contribution in [0.3, 0.4) is 0 Å². The van der Waals surface area contributed by atoms with Gasteiger partial charge in [0.15, 0.2) is 11.6 Å². The Morgan fingerprint density at radius 2 is 1.86 bits per heavy atom. The summed E-state index contributed by atoms with van der Waals surface area (Å²) in [6.45, 7) is 3.02. The lowest BCUT2D eigenvalue weighted by Crippen LogP contribution is -2.32. The maximum Gasteiger partial charge on any atom is 0.277 e. The van der Waals surface area contributed by atoms with Gasteiger partial charge < -0.3 is 10.4 Å². The normalized spacial score (nSPS) is 11.4. The number of benzene rings is 2. The highest BCUT2D eigenvalue weighted by Crippen LogP contribution is 2.32. The Kier molecular flexibility index (Phi) is 6.87. The van der Waals surface area contributed by atoms with Crippen LogP contribution in [0.5, 0.6) is 0 Å². The lowest BCUT2D eigenvalue weighted by Gasteiger charge is -2.21. The zero-order valence-corrected chi connectivity index (χ0v) is 15.6. The summed E-state index contributed by atoms with van der Waals surface area (Å²) in [4.78, 5) is 17.3. The average molecular weight is 421 g/mol. The van der Waals surface area contributed by atoms with Crippen molar-refractivity contribution >= 4 is 28.9 Å². The highest BCUT2D eigenvalue weighted by molar-refractivity contribution is 6.31. The molecule has 0 heterocycles. The predicted molar refractivity (Wildman–Crippen MR) is 95.3 cm³/mol. The number of rotatable bonds is 7. The molecular formula is C18H17ClF4N2O3. The Morgan fingerprint density at radius 3 is 2.46 bits per heavy atom. The summed E-state index contributed by atoms with van der Waals surface area (Å²) in [6, 6.07) is 3.22. The van der Waals surface area contributed by atoms with Gasteiger partial charge in [0.25, 0.3) is 5.91 Å². The standard InChI is InChI=1S/C18H17ClF4N2O3/c1-18(2,7-26)8-28-25-17(27)10-6-11(19)14(22)15(23)16(10)24-13-4-3-9(20)5-12(13)21/h3-6,24,26H,7-8H2,1-2H3,(H,25,27). The second kappa shape index (κ2) is 8.76. The third kappa shape index (κ3) is 5.12. The molecule has 28 heavy (non-hydrogen) atoms. The fourth-order valence-corrected chi connectivity index (χ4v) is 2.21. The number of aliphatic hydroxyl groups is 1. The first-order valence-corrected chi connectivity index (χ1v) is 8.36. The first-order valence-electron chi connectivity index (χ1n) is 7.98. The monoisotopic (exact) mass is 420 g/mol. The van der Waals surface area contributed by atoms with Crippen LogP contribution in [0.15, 0.2) is 24.3 Å². The van der Waals surface area contributed by atoms with Crippen LogP contribution in [-0.4, -0.2) is 24.2 Å². The number of anilines is 2. The van der Waals surface area contributed by atoms with Crippen LogP contribution in [0.25, 0.3) is 0 Å². The molecule has 0 aliphatic rings. The molecule has 0 saturated carbocycles. The van der Waals surface area contributed by atoms with E-state index in [9.17, 15) is 22.4 Å². The van der Waals surface area contributed by atoms with Crippen LogP contribution in [0.1, 0.15) is 24.2 Å². The molecule has 2 aromatic rings. The van der Waals surface area contributed by atoms with Crippen molar-refractivity contribution in [1.82, 2.24) is 5.48 Å². The van der Waals surface area contributed by atoms with Crippen LogP contribution < -0.4 is 10.8 Å². The van der Waals surface area contributed by atoms with Gasteiger partial charge in [-0.25, -0.2) is 23.0 Å².